The molecule has 0 radical (unpaired) electrons. The van der Waals surface area contributed by atoms with Crippen LogP contribution in [0.4, 0.5) is 0 Å². The molecule has 5 aromatic carbocycles. The number of ether oxygens (including phenoxy) is 2. The quantitative estimate of drug-likeness (QED) is 0.172. The summed E-state index contributed by atoms with van der Waals surface area (Å²) in [4.78, 5) is 0. The fraction of sp³-hybridized carbons (Fsp3) is 0.0270. The summed E-state index contributed by atoms with van der Waals surface area (Å²) in [6.45, 7) is 9.98. The van der Waals surface area contributed by atoms with Gasteiger partial charge in [-0.3, -0.25) is 0 Å². The van der Waals surface area contributed by atoms with Crippen molar-refractivity contribution < 1.29 is 9.47 Å². The van der Waals surface area contributed by atoms with E-state index < -0.39 is 0 Å². The first-order valence-corrected chi connectivity index (χ1v) is 13.5. The molecule has 40 heavy (non-hydrogen) atoms. The maximum absolute atomic E-state index is 6.82. The summed E-state index contributed by atoms with van der Waals surface area (Å²) in [6, 6.07) is 36.1. The second-order valence-electron chi connectivity index (χ2n) is 10.2. The van der Waals surface area contributed by atoms with Gasteiger partial charge in [-0.05, 0) is 75.5 Å². The van der Waals surface area contributed by atoms with Gasteiger partial charge in [0.25, 0.3) is 6.71 Å². The van der Waals surface area contributed by atoms with Gasteiger partial charge in [-0.2, -0.15) is 0 Å². The molecule has 2 aliphatic heterocycles. The van der Waals surface area contributed by atoms with E-state index in [1.54, 1.807) is 6.08 Å². The lowest BCUT2D eigenvalue weighted by Gasteiger charge is -2.34. The van der Waals surface area contributed by atoms with Gasteiger partial charge in [0.2, 0.25) is 0 Å². The van der Waals surface area contributed by atoms with Crippen molar-refractivity contribution in [1.29, 1.82) is 0 Å². The van der Waals surface area contributed by atoms with E-state index in [1.807, 2.05) is 18.2 Å². The van der Waals surface area contributed by atoms with Crippen LogP contribution in [0.25, 0.3) is 27.8 Å². The highest BCUT2D eigenvalue weighted by Crippen LogP contribution is 2.42. The molecule has 2 aliphatic rings. The highest BCUT2D eigenvalue weighted by molar-refractivity contribution is 6.98. The topological polar surface area (TPSA) is 18.5 Å². The van der Waals surface area contributed by atoms with E-state index in [-0.39, 0.29) is 6.71 Å². The maximum atomic E-state index is 6.82. The number of rotatable bonds is 5. The first-order chi connectivity index (χ1) is 19.7. The Morgan fingerprint density at radius 3 is 2.20 bits per heavy atom. The summed E-state index contributed by atoms with van der Waals surface area (Å²) in [5.74, 6) is 3.41. The Hall–Kier alpha value is -5.02. The molecule has 0 N–H and O–H groups in total. The maximum Gasteiger partial charge on any atom is 0.260 e. The molecule has 0 saturated carbocycles. The lowest BCUT2D eigenvalue weighted by Crippen LogP contribution is -2.57. The van der Waals surface area contributed by atoms with Crippen molar-refractivity contribution in [3.63, 3.8) is 0 Å². The largest absolute Gasteiger partial charge is 0.458 e. The summed E-state index contributed by atoms with van der Waals surface area (Å²) < 4.78 is 13.4. The lowest BCUT2D eigenvalue weighted by atomic mass is 9.34. The van der Waals surface area contributed by atoms with Gasteiger partial charge in [0, 0.05) is 11.0 Å². The van der Waals surface area contributed by atoms with Gasteiger partial charge in [0.1, 0.15) is 23.0 Å². The van der Waals surface area contributed by atoms with E-state index in [4.69, 9.17) is 9.47 Å². The fourth-order valence-electron chi connectivity index (χ4n) is 5.98. The Bertz CT molecular complexity index is 1850. The third-order valence-electron chi connectivity index (χ3n) is 7.92. The second kappa shape index (κ2) is 9.62. The minimum absolute atomic E-state index is 0.0169. The van der Waals surface area contributed by atoms with Gasteiger partial charge in [0.15, 0.2) is 0 Å². The first-order valence-electron chi connectivity index (χ1n) is 13.5. The molecule has 0 spiro atoms. The van der Waals surface area contributed by atoms with Gasteiger partial charge < -0.3 is 9.47 Å². The molecule has 2 nitrogen and oxygen atoms in total. The van der Waals surface area contributed by atoms with E-state index in [0.29, 0.717) is 0 Å². The van der Waals surface area contributed by atoms with Crippen LogP contribution in [0, 0.1) is 6.92 Å². The number of allylic oxidation sites excluding steroid dienone is 4. The molecule has 0 bridgehead atoms. The first kappa shape index (κ1) is 24.1. The third kappa shape index (κ3) is 3.82. The minimum atomic E-state index is -0.0169. The summed E-state index contributed by atoms with van der Waals surface area (Å²) in [6.07, 6.45) is 5.60. The molecule has 3 heteroatoms. The summed E-state index contributed by atoms with van der Waals surface area (Å²) in [7, 11) is 0. The Balaban J connectivity index is 1.46. The Labute approximate surface area is 235 Å². The van der Waals surface area contributed by atoms with Gasteiger partial charge in [-0.25, -0.2) is 0 Å². The molecule has 190 valence electrons. The molecule has 7 rings (SSSR count). The van der Waals surface area contributed by atoms with Crippen LogP contribution in [-0.4, -0.2) is 6.71 Å². The van der Waals surface area contributed by atoms with E-state index in [0.717, 1.165) is 67.2 Å². The number of benzene rings is 5. The van der Waals surface area contributed by atoms with Crippen molar-refractivity contribution in [2.75, 3.05) is 0 Å². The smallest absolute Gasteiger partial charge is 0.260 e. The molecule has 0 aromatic heterocycles. The Kier molecular flexibility index (Phi) is 5.79. The van der Waals surface area contributed by atoms with Crippen LogP contribution in [0.1, 0.15) is 11.1 Å². The molecule has 0 fully saturated rings. The predicted octanol–water partition coefficient (Wildman–Crippen LogP) is 7.81. The van der Waals surface area contributed by atoms with Gasteiger partial charge in [0.05, 0.1) is 0 Å². The standard InChI is InChI=1S/C37H27BO2/c1-4-11-25(5-2)27-16-19-31-34(22-27)39-33-21-18-30(26-13-7-6-8-14-26)37-36(33)38(31)32-20-17-28(23-35(32)40-37)29-15-10-9-12-24(29)3/h4-23H,1-2H2,3H3/b25-11+. The molecule has 0 unspecified atom stereocenters. The normalized spacial score (nSPS) is 12.8. The number of hydrogen-bond acceptors (Lipinski definition) is 2. The molecular weight excluding hydrogens is 487 g/mol. The van der Waals surface area contributed by atoms with Crippen molar-refractivity contribution in [1.82, 2.24) is 0 Å². The van der Waals surface area contributed by atoms with Gasteiger partial charge in [-0.15, -0.1) is 0 Å². The fourth-order valence-corrected chi connectivity index (χ4v) is 5.98. The minimum Gasteiger partial charge on any atom is -0.458 e. The molecule has 0 saturated heterocycles. The third-order valence-corrected chi connectivity index (χ3v) is 7.92. The summed E-state index contributed by atoms with van der Waals surface area (Å²) in [5, 5.41) is 0. The second-order valence-corrected chi connectivity index (χ2v) is 10.2. The zero-order chi connectivity index (χ0) is 27.2. The zero-order valence-electron chi connectivity index (χ0n) is 22.4. The summed E-state index contributed by atoms with van der Waals surface area (Å²) in [5.41, 5.74) is 11.1. The average molecular weight is 514 g/mol. The monoisotopic (exact) mass is 514 g/mol. The van der Waals surface area contributed by atoms with Crippen LogP contribution in [-0.2, 0) is 0 Å². The molecule has 2 heterocycles. The number of fused-ring (bicyclic) bond motifs is 4. The lowest BCUT2D eigenvalue weighted by molar-refractivity contribution is 0.465. The molecule has 5 aromatic rings. The van der Waals surface area contributed by atoms with Gasteiger partial charge in [-0.1, -0.05) is 110 Å². The van der Waals surface area contributed by atoms with Crippen LogP contribution in [0.15, 0.2) is 135 Å². The molecule has 0 amide bonds. The highest BCUT2D eigenvalue weighted by Gasteiger charge is 2.41. The van der Waals surface area contributed by atoms with Crippen molar-refractivity contribution in [3.05, 3.63) is 146 Å². The average Bonchev–Trinajstić information content (AvgIpc) is 3.00. The van der Waals surface area contributed by atoms with Gasteiger partial charge >= 0.3 is 0 Å². The number of hydrogen-bond donors (Lipinski definition) is 0. The van der Waals surface area contributed by atoms with E-state index in [9.17, 15) is 0 Å². The van der Waals surface area contributed by atoms with Crippen LogP contribution in [0.3, 0.4) is 0 Å². The van der Waals surface area contributed by atoms with Crippen molar-refractivity contribution in [2.24, 2.45) is 0 Å². The number of aryl methyl sites for hydroxylation is 1. The van der Waals surface area contributed by atoms with E-state index >= 15 is 0 Å². The Morgan fingerprint density at radius 1 is 0.675 bits per heavy atom. The van der Waals surface area contributed by atoms with Crippen LogP contribution < -0.4 is 25.9 Å². The predicted molar refractivity (Wildman–Crippen MR) is 168 cm³/mol. The van der Waals surface area contributed by atoms with Crippen molar-refractivity contribution in [3.8, 4) is 45.3 Å². The molecular formula is C37H27BO2. The molecule has 0 aliphatic carbocycles. The van der Waals surface area contributed by atoms with E-state index in [1.165, 1.54) is 11.1 Å². The van der Waals surface area contributed by atoms with Crippen LogP contribution >= 0.6 is 0 Å². The zero-order valence-corrected chi connectivity index (χ0v) is 22.4. The van der Waals surface area contributed by atoms with Crippen LogP contribution in [0.2, 0.25) is 0 Å². The Morgan fingerprint density at radius 2 is 1.43 bits per heavy atom. The van der Waals surface area contributed by atoms with Crippen molar-refractivity contribution in [2.45, 2.75) is 6.92 Å². The van der Waals surface area contributed by atoms with Crippen LogP contribution in [0.5, 0.6) is 23.0 Å². The summed E-state index contributed by atoms with van der Waals surface area (Å²) >= 11 is 0. The van der Waals surface area contributed by atoms with Crippen molar-refractivity contribution >= 4 is 28.7 Å². The molecule has 0 atom stereocenters. The van der Waals surface area contributed by atoms with E-state index in [2.05, 4.69) is 117 Å². The highest BCUT2D eigenvalue weighted by atomic mass is 16.5. The SMILES string of the molecule is C=C/C=C(\C=C)c1ccc2c(c1)Oc1ccc(-c3ccccc3)c3c1B2c1ccc(-c2ccccc2C)cc1O3.